The van der Waals surface area contributed by atoms with Crippen molar-refractivity contribution in [3.05, 3.63) is 45.9 Å². The zero-order valence-electron chi connectivity index (χ0n) is 10.0. The van der Waals surface area contributed by atoms with Gasteiger partial charge in [0.05, 0.1) is 12.8 Å². The SMILES string of the molecule is COc1ccc(C)cc1NC(=O)c1cc(=O)[nH][nH]1. The molecule has 0 aliphatic carbocycles. The molecule has 1 aromatic heterocycles. The van der Waals surface area contributed by atoms with Crippen molar-refractivity contribution in [2.45, 2.75) is 6.92 Å². The van der Waals surface area contributed by atoms with E-state index < -0.39 is 5.91 Å². The van der Waals surface area contributed by atoms with Gasteiger partial charge in [0.1, 0.15) is 11.4 Å². The summed E-state index contributed by atoms with van der Waals surface area (Å²) in [6.07, 6.45) is 0. The number of aryl methyl sites for hydroxylation is 1. The van der Waals surface area contributed by atoms with Crippen molar-refractivity contribution in [3.8, 4) is 5.75 Å². The zero-order valence-corrected chi connectivity index (χ0v) is 10.0. The van der Waals surface area contributed by atoms with Gasteiger partial charge in [0.15, 0.2) is 0 Å². The standard InChI is InChI=1S/C12H13N3O3/c1-7-3-4-10(18-2)8(5-7)13-12(17)9-6-11(16)15-14-9/h3-6H,1-2H3,(H,13,17)(H2,14,15,16). The summed E-state index contributed by atoms with van der Waals surface area (Å²) in [6, 6.07) is 6.64. The lowest BCUT2D eigenvalue weighted by atomic mass is 10.2. The highest BCUT2D eigenvalue weighted by Crippen LogP contribution is 2.25. The Morgan fingerprint density at radius 3 is 2.67 bits per heavy atom. The molecule has 1 aromatic carbocycles. The van der Waals surface area contributed by atoms with Crippen molar-refractivity contribution < 1.29 is 9.53 Å². The second-order valence-electron chi connectivity index (χ2n) is 3.83. The molecular weight excluding hydrogens is 234 g/mol. The normalized spacial score (nSPS) is 10.1. The summed E-state index contributed by atoms with van der Waals surface area (Å²) in [5.74, 6) is 0.157. The first-order valence-electron chi connectivity index (χ1n) is 5.34. The van der Waals surface area contributed by atoms with E-state index in [0.29, 0.717) is 11.4 Å². The smallest absolute Gasteiger partial charge is 0.273 e. The Morgan fingerprint density at radius 2 is 2.06 bits per heavy atom. The van der Waals surface area contributed by atoms with Crippen LogP contribution in [0.1, 0.15) is 16.1 Å². The number of aromatic amines is 2. The number of carbonyl (C=O) groups is 1. The summed E-state index contributed by atoms with van der Waals surface area (Å²) in [4.78, 5) is 22.8. The van der Waals surface area contributed by atoms with Crippen molar-refractivity contribution in [2.24, 2.45) is 0 Å². The molecule has 0 saturated heterocycles. The van der Waals surface area contributed by atoms with E-state index in [0.717, 1.165) is 5.56 Å². The van der Waals surface area contributed by atoms with Gasteiger partial charge in [-0.05, 0) is 24.6 Å². The minimum absolute atomic E-state index is 0.170. The first-order valence-corrected chi connectivity index (χ1v) is 5.34. The first-order chi connectivity index (χ1) is 8.60. The van der Waals surface area contributed by atoms with Crippen molar-refractivity contribution >= 4 is 11.6 Å². The number of ether oxygens (including phenoxy) is 1. The minimum Gasteiger partial charge on any atom is -0.495 e. The molecular formula is C12H13N3O3. The molecule has 0 fully saturated rings. The molecule has 0 spiro atoms. The van der Waals surface area contributed by atoms with E-state index in [2.05, 4.69) is 15.5 Å². The largest absolute Gasteiger partial charge is 0.495 e. The number of carbonyl (C=O) groups excluding carboxylic acids is 1. The molecule has 6 heteroatoms. The van der Waals surface area contributed by atoms with Crippen molar-refractivity contribution in [2.75, 3.05) is 12.4 Å². The Kier molecular flexibility index (Phi) is 3.18. The van der Waals surface area contributed by atoms with Crippen LogP contribution in [-0.4, -0.2) is 23.2 Å². The molecule has 0 saturated carbocycles. The van der Waals surface area contributed by atoms with E-state index in [1.807, 2.05) is 13.0 Å². The lowest BCUT2D eigenvalue weighted by Crippen LogP contribution is -2.13. The van der Waals surface area contributed by atoms with Crippen molar-refractivity contribution in [1.29, 1.82) is 0 Å². The van der Waals surface area contributed by atoms with Gasteiger partial charge in [-0.15, -0.1) is 0 Å². The molecule has 94 valence electrons. The minimum atomic E-state index is -0.405. The molecule has 18 heavy (non-hydrogen) atoms. The third kappa shape index (κ3) is 2.42. The monoisotopic (exact) mass is 247 g/mol. The summed E-state index contributed by atoms with van der Waals surface area (Å²) in [6.45, 7) is 1.91. The van der Waals surface area contributed by atoms with Crippen molar-refractivity contribution in [3.63, 3.8) is 0 Å². The van der Waals surface area contributed by atoms with E-state index >= 15 is 0 Å². The molecule has 6 nitrogen and oxygen atoms in total. The molecule has 2 rings (SSSR count). The molecule has 0 bridgehead atoms. The number of rotatable bonds is 3. The highest BCUT2D eigenvalue weighted by molar-refractivity contribution is 6.03. The van der Waals surface area contributed by atoms with Crippen LogP contribution in [0, 0.1) is 6.92 Å². The van der Waals surface area contributed by atoms with Gasteiger partial charge in [0.2, 0.25) is 0 Å². The number of H-pyrrole nitrogens is 2. The van der Waals surface area contributed by atoms with Crippen LogP contribution >= 0.6 is 0 Å². The fourth-order valence-electron chi connectivity index (χ4n) is 1.56. The average molecular weight is 247 g/mol. The molecule has 1 heterocycles. The molecule has 0 aliphatic heterocycles. The van der Waals surface area contributed by atoms with Crippen molar-refractivity contribution in [1.82, 2.24) is 10.2 Å². The number of methoxy groups -OCH3 is 1. The van der Waals surface area contributed by atoms with Gasteiger partial charge in [0, 0.05) is 6.07 Å². The third-order valence-electron chi connectivity index (χ3n) is 2.44. The van der Waals surface area contributed by atoms with Gasteiger partial charge in [-0.25, -0.2) is 0 Å². The van der Waals surface area contributed by atoms with Gasteiger partial charge in [-0.1, -0.05) is 6.07 Å². The van der Waals surface area contributed by atoms with Crippen LogP contribution in [0.3, 0.4) is 0 Å². The molecule has 2 aromatic rings. The Hall–Kier alpha value is -2.50. The fraction of sp³-hybridized carbons (Fsp3) is 0.167. The molecule has 3 N–H and O–H groups in total. The number of benzene rings is 1. The van der Waals surface area contributed by atoms with Crippen LogP contribution in [0.5, 0.6) is 5.75 Å². The van der Waals surface area contributed by atoms with E-state index in [4.69, 9.17) is 4.74 Å². The predicted octanol–water partition coefficient (Wildman–Crippen LogP) is 1.27. The number of amides is 1. The van der Waals surface area contributed by atoms with Crippen LogP contribution < -0.4 is 15.6 Å². The number of hydrogen-bond donors (Lipinski definition) is 3. The van der Waals surface area contributed by atoms with Crippen LogP contribution in [0.2, 0.25) is 0 Å². The molecule has 0 unspecified atom stereocenters. The molecule has 0 radical (unpaired) electrons. The Balaban J connectivity index is 2.26. The van der Waals surface area contributed by atoms with E-state index in [1.165, 1.54) is 13.2 Å². The molecule has 1 amide bonds. The zero-order chi connectivity index (χ0) is 13.1. The highest BCUT2D eigenvalue weighted by Gasteiger charge is 2.11. The quantitative estimate of drug-likeness (QED) is 0.763. The Morgan fingerprint density at radius 1 is 1.28 bits per heavy atom. The van der Waals surface area contributed by atoms with E-state index in [-0.39, 0.29) is 11.3 Å². The van der Waals surface area contributed by atoms with E-state index in [9.17, 15) is 9.59 Å². The summed E-state index contributed by atoms with van der Waals surface area (Å²) >= 11 is 0. The maximum atomic E-state index is 11.9. The van der Waals surface area contributed by atoms with Gasteiger partial charge in [-0.3, -0.25) is 19.8 Å². The van der Waals surface area contributed by atoms with Crippen LogP contribution in [0.15, 0.2) is 29.1 Å². The Labute approximate surface area is 103 Å². The second-order valence-corrected chi connectivity index (χ2v) is 3.83. The van der Waals surface area contributed by atoms with Crippen LogP contribution in [-0.2, 0) is 0 Å². The highest BCUT2D eigenvalue weighted by atomic mass is 16.5. The lowest BCUT2D eigenvalue weighted by molar-refractivity contribution is 0.102. The van der Waals surface area contributed by atoms with E-state index in [1.54, 1.807) is 12.1 Å². The predicted molar refractivity (Wildman–Crippen MR) is 67.1 cm³/mol. The number of anilines is 1. The second kappa shape index (κ2) is 4.79. The van der Waals surface area contributed by atoms with Gasteiger partial charge in [0.25, 0.3) is 11.5 Å². The van der Waals surface area contributed by atoms with Crippen LogP contribution in [0.4, 0.5) is 5.69 Å². The van der Waals surface area contributed by atoms with Gasteiger partial charge < -0.3 is 10.1 Å². The summed E-state index contributed by atoms with van der Waals surface area (Å²) in [5.41, 5.74) is 1.37. The summed E-state index contributed by atoms with van der Waals surface area (Å²) < 4.78 is 5.15. The summed E-state index contributed by atoms with van der Waals surface area (Å²) in [5, 5.41) is 7.47. The average Bonchev–Trinajstić information content (AvgIpc) is 2.76. The maximum absolute atomic E-state index is 11.9. The number of hydrogen-bond acceptors (Lipinski definition) is 3. The molecule has 0 aliphatic rings. The Bertz CT molecular complexity index is 627. The van der Waals surface area contributed by atoms with Gasteiger partial charge in [-0.2, -0.15) is 0 Å². The lowest BCUT2D eigenvalue weighted by Gasteiger charge is -2.10. The first kappa shape index (κ1) is 12.0. The summed E-state index contributed by atoms with van der Waals surface area (Å²) in [7, 11) is 1.53. The van der Waals surface area contributed by atoms with Crippen LogP contribution in [0.25, 0.3) is 0 Å². The fourth-order valence-corrected chi connectivity index (χ4v) is 1.56. The molecule has 0 atom stereocenters. The van der Waals surface area contributed by atoms with Gasteiger partial charge >= 0.3 is 0 Å². The number of nitrogens with one attached hydrogen (secondary N) is 3. The maximum Gasteiger partial charge on any atom is 0.273 e. The number of aromatic nitrogens is 2. The topological polar surface area (TPSA) is 87.0 Å². The third-order valence-corrected chi connectivity index (χ3v) is 2.44.